The summed E-state index contributed by atoms with van der Waals surface area (Å²) in [6.45, 7) is 1.86. The molecule has 0 fully saturated rings. The zero-order chi connectivity index (χ0) is 20.4. The zero-order valence-corrected chi connectivity index (χ0v) is 20.1. The van der Waals surface area contributed by atoms with Crippen molar-refractivity contribution in [3.05, 3.63) is 65.7 Å². The second-order valence-corrected chi connectivity index (χ2v) is 8.04. The molecule has 0 unspecified atom stereocenters. The molecule has 0 spiro atoms. The summed E-state index contributed by atoms with van der Waals surface area (Å²) >= 11 is 0. The lowest BCUT2D eigenvalue weighted by atomic mass is 10.2. The summed E-state index contributed by atoms with van der Waals surface area (Å²) in [5.74, 6) is 0.766. The Morgan fingerprint density at radius 1 is 1.07 bits per heavy atom. The Kier molecular flexibility index (Phi) is 11.2. The first-order valence-corrected chi connectivity index (χ1v) is 10.5. The highest BCUT2D eigenvalue weighted by Crippen LogP contribution is 2.11. The van der Waals surface area contributed by atoms with Gasteiger partial charge < -0.3 is 15.0 Å². The summed E-state index contributed by atoms with van der Waals surface area (Å²) in [6, 6.07) is 17.0. The second-order valence-electron chi connectivity index (χ2n) is 6.28. The maximum atomic E-state index is 12.2. The number of ether oxygens (including phenoxy) is 1. The van der Waals surface area contributed by atoms with Crippen LogP contribution in [-0.4, -0.2) is 53.6 Å². The highest BCUT2D eigenvalue weighted by molar-refractivity contribution is 14.0. The third kappa shape index (κ3) is 8.29. The lowest BCUT2D eigenvalue weighted by Gasteiger charge is -2.22. The number of nitrogens with zero attached hydrogens (tertiary/aromatic N) is 2. The van der Waals surface area contributed by atoms with Crippen LogP contribution in [0.4, 0.5) is 0 Å². The number of guanidine groups is 1. The van der Waals surface area contributed by atoms with Gasteiger partial charge in [-0.2, -0.15) is 0 Å². The van der Waals surface area contributed by atoms with Gasteiger partial charge in [0.2, 0.25) is 10.0 Å². The number of aliphatic imine (C=N–C) groups is 1. The van der Waals surface area contributed by atoms with Crippen molar-refractivity contribution in [2.45, 2.75) is 18.0 Å². The zero-order valence-electron chi connectivity index (χ0n) is 17.0. The fourth-order valence-corrected chi connectivity index (χ4v) is 3.66. The van der Waals surface area contributed by atoms with Gasteiger partial charge in [-0.3, -0.25) is 4.99 Å². The smallest absolute Gasteiger partial charge is 0.240 e. The van der Waals surface area contributed by atoms with E-state index in [4.69, 9.17) is 4.74 Å². The lowest BCUT2D eigenvalue weighted by molar-refractivity contribution is 0.204. The number of sulfonamides is 1. The summed E-state index contributed by atoms with van der Waals surface area (Å²) in [6.07, 6.45) is 0. The number of benzene rings is 2. The Balaban J connectivity index is 0.00000420. The molecule has 2 rings (SSSR count). The molecule has 29 heavy (non-hydrogen) atoms. The van der Waals surface area contributed by atoms with E-state index in [1.165, 1.54) is 12.7 Å². The van der Waals surface area contributed by atoms with Crippen molar-refractivity contribution in [2.75, 3.05) is 34.4 Å². The highest BCUT2D eigenvalue weighted by Gasteiger charge is 2.13. The molecule has 0 heterocycles. The predicted molar refractivity (Wildman–Crippen MR) is 127 cm³/mol. The minimum absolute atomic E-state index is 0. The van der Waals surface area contributed by atoms with Crippen LogP contribution < -0.4 is 10.0 Å². The van der Waals surface area contributed by atoms with Crippen LogP contribution in [0.2, 0.25) is 0 Å². The molecule has 7 nitrogen and oxygen atoms in total. The van der Waals surface area contributed by atoms with E-state index in [1.54, 1.807) is 31.3 Å². The van der Waals surface area contributed by atoms with Gasteiger partial charge >= 0.3 is 0 Å². The van der Waals surface area contributed by atoms with Crippen molar-refractivity contribution in [2.24, 2.45) is 4.99 Å². The van der Waals surface area contributed by atoms with Gasteiger partial charge in [0.25, 0.3) is 0 Å². The molecular weight excluding hydrogens is 503 g/mol. The van der Waals surface area contributed by atoms with Gasteiger partial charge in [0.1, 0.15) is 0 Å². The van der Waals surface area contributed by atoms with Crippen LogP contribution in [0.1, 0.15) is 11.1 Å². The molecule has 0 aromatic heterocycles. The summed E-state index contributed by atoms with van der Waals surface area (Å²) in [5.41, 5.74) is 2.16. The van der Waals surface area contributed by atoms with Gasteiger partial charge in [-0.1, -0.05) is 42.5 Å². The number of nitrogens with one attached hydrogen (secondary N) is 2. The molecule has 9 heteroatoms. The quantitative estimate of drug-likeness (QED) is 0.225. The molecular formula is C20H29IN4O3S. The molecule has 2 N–H and O–H groups in total. The van der Waals surface area contributed by atoms with E-state index in [0.29, 0.717) is 13.2 Å². The standard InChI is InChI=1S/C20H28N4O3S.HI/c1-21-20(24(2)16-18-7-5-4-6-8-18)22-15-17-9-11-19(12-10-17)28(25,26)23-13-14-27-3;/h4-12,23H,13-16H2,1-3H3,(H,21,22);1H. The Bertz CT molecular complexity index is 859. The highest BCUT2D eigenvalue weighted by atomic mass is 127. The molecule has 0 saturated carbocycles. The SMILES string of the molecule is CN=C(NCc1ccc(S(=O)(=O)NCCOC)cc1)N(C)Cc1ccccc1.I. The molecule has 0 aliphatic carbocycles. The minimum atomic E-state index is -3.52. The van der Waals surface area contributed by atoms with E-state index in [1.807, 2.05) is 30.1 Å². The molecule has 2 aromatic carbocycles. The minimum Gasteiger partial charge on any atom is -0.383 e. The number of hydrogen-bond donors (Lipinski definition) is 2. The lowest BCUT2D eigenvalue weighted by Crippen LogP contribution is -2.38. The third-order valence-electron chi connectivity index (χ3n) is 4.12. The van der Waals surface area contributed by atoms with Crippen molar-refractivity contribution in [3.8, 4) is 0 Å². The summed E-state index contributed by atoms with van der Waals surface area (Å²) in [7, 11) is 1.73. The molecule has 0 atom stereocenters. The van der Waals surface area contributed by atoms with Crippen LogP contribution in [0.25, 0.3) is 0 Å². The normalized spacial score (nSPS) is 11.6. The van der Waals surface area contributed by atoms with Crippen LogP contribution in [0.5, 0.6) is 0 Å². The summed E-state index contributed by atoms with van der Waals surface area (Å²) < 4.78 is 31.7. The largest absolute Gasteiger partial charge is 0.383 e. The van der Waals surface area contributed by atoms with E-state index in [9.17, 15) is 8.42 Å². The molecule has 2 aromatic rings. The first-order valence-electron chi connectivity index (χ1n) is 8.99. The molecule has 0 amide bonds. The first kappa shape index (κ1) is 25.3. The predicted octanol–water partition coefficient (Wildman–Crippen LogP) is 2.44. The Labute approximate surface area is 190 Å². The summed E-state index contributed by atoms with van der Waals surface area (Å²) in [5, 5.41) is 3.30. The number of methoxy groups -OCH3 is 1. The van der Waals surface area contributed by atoms with Crippen molar-refractivity contribution in [1.82, 2.24) is 14.9 Å². The third-order valence-corrected chi connectivity index (χ3v) is 5.60. The maximum absolute atomic E-state index is 12.2. The van der Waals surface area contributed by atoms with E-state index >= 15 is 0 Å². The number of halogens is 1. The number of rotatable bonds is 9. The Morgan fingerprint density at radius 2 is 1.72 bits per heavy atom. The van der Waals surface area contributed by atoms with E-state index in [-0.39, 0.29) is 35.4 Å². The molecule has 0 bridgehead atoms. The summed E-state index contributed by atoms with van der Waals surface area (Å²) in [4.78, 5) is 6.58. The van der Waals surface area contributed by atoms with Crippen LogP contribution in [0.15, 0.2) is 64.5 Å². The van der Waals surface area contributed by atoms with E-state index in [0.717, 1.165) is 18.1 Å². The first-order chi connectivity index (χ1) is 13.5. The topological polar surface area (TPSA) is 83.0 Å². The van der Waals surface area contributed by atoms with Crippen molar-refractivity contribution in [3.63, 3.8) is 0 Å². The fourth-order valence-electron chi connectivity index (χ4n) is 2.65. The van der Waals surface area contributed by atoms with Gasteiger partial charge in [0, 0.05) is 40.8 Å². The average molecular weight is 532 g/mol. The Hall–Kier alpha value is -1.69. The van der Waals surface area contributed by atoms with Gasteiger partial charge in [0.05, 0.1) is 11.5 Å². The van der Waals surface area contributed by atoms with Crippen LogP contribution in [0, 0.1) is 0 Å². The second kappa shape index (κ2) is 12.8. The van der Waals surface area contributed by atoms with E-state index < -0.39 is 10.0 Å². The van der Waals surface area contributed by atoms with Crippen LogP contribution >= 0.6 is 24.0 Å². The van der Waals surface area contributed by atoms with E-state index in [2.05, 4.69) is 27.2 Å². The molecule has 0 aliphatic rings. The van der Waals surface area contributed by atoms with Crippen molar-refractivity contribution >= 4 is 40.0 Å². The van der Waals surface area contributed by atoms with Gasteiger partial charge in [-0.15, -0.1) is 24.0 Å². The van der Waals surface area contributed by atoms with Crippen LogP contribution in [0.3, 0.4) is 0 Å². The molecule has 0 aliphatic heterocycles. The maximum Gasteiger partial charge on any atom is 0.240 e. The number of hydrogen-bond acceptors (Lipinski definition) is 4. The van der Waals surface area contributed by atoms with Crippen molar-refractivity contribution < 1.29 is 13.2 Å². The molecule has 160 valence electrons. The van der Waals surface area contributed by atoms with Gasteiger partial charge in [-0.25, -0.2) is 13.1 Å². The van der Waals surface area contributed by atoms with Crippen molar-refractivity contribution in [1.29, 1.82) is 0 Å². The van der Waals surface area contributed by atoms with Crippen LogP contribution in [-0.2, 0) is 27.8 Å². The Morgan fingerprint density at radius 3 is 2.31 bits per heavy atom. The fraction of sp³-hybridized carbons (Fsp3) is 0.350. The average Bonchev–Trinajstić information content (AvgIpc) is 2.70. The van der Waals surface area contributed by atoms with Gasteiger partial charge in [0.15, 0.2) is 5.96 Å². The monoisotopic (exact) mass is 532 g/mol. The molecule has 0 radical (unpaired) electrons. The van der Waals surface area contributed by atoms with Gasteiger partial charge in [-0.05, 0) is 23.3 Å². The molecule has 0 saturated heterocycles.